The molecule has 0 aliphatic carbocycles. The van der Waals surface area contributed by atoms with Crippen molar-refractivity contribution in [3.05, 3.63) is 72.6 Å². The monoisotopic (exact) mass is 345 g/mol. The van der Waals surface area contributed by atoms with Crippen LogP contribution in [0.3, 0.4) is 0 Å². The predicted octanol–water partition coefficient (Wildman–Crippen LogP) is 3.57. The number of rotatable bonds is 4. The molecule has 0 spiro atoms. The van der Waals surface area contributed by atoms with Gasteiger partial charge in [0, 0.05) is 16.7 Å². The molecular weight excluding hydrogens is 330 g/mol. The molecule has 4 aromatic rings. The van der Waals surface area contributed by atoms with Crippen LogP contribution >= 0.6 is 0 Å². The van der Waals surface area contributed by atoms with E-state index in [0.717, 1.165) is 11.1 Å². The second kappa shape index (κ2) is 6.56. The smallest absolute Gasteiger partial charge is 0.255 e. The van der Waals surface area contributed by atoms with Crippen LogP contribution in [0.4, 0.5) is 11.4 Å². The first-order valence-electron chi connectivity index (χ1n) is 7.92. The lowest BCUT2D eigenvalue weighted by Crippen LogP contribution is -2.13. The molecule has 128 valence electrons. The third-order valence-corrected chi connectivity index (χ3v) is 3.97. The molecule has 0 aliphatic rings. The molecule has 1 amide bonds. The Bertz CT molecular complexity index is 1020. The average Bonchev–Trinajstić information content (AvgIpc) is 3.38. The van der Waals surface area contributed by atoms with Gasteiger partial charge < -0.3 is 15.5 Å². The van der Waals surface area contributed by atoms with Crippen LogP contribution in [0.1, 0.15) is 10.4 Å². The Morgan fingerprint density at radius 2 is 1.88 bits per heavy atom. The Hall–Kier alpha value is -3.87. The van der Waals surface area contributed by atoms with Gasteiger partial charge in [-0.2, -0.15) is 15.4 Å². The maximum absolute atomic E-state index is 12.5. The highest BCUT2D eigenvalue weighted by Crippen LogP contribution is 2.28. The lowest BCUT2D eigenvalue weighted by molar-refractivity contribution is 0.102. The number of furan rings is 1. The molecule has 2 heterocycles. The third-order valence-electron chi connectivity index (χ3n) is 3.97. The molecular formula is C19H15N5O2. The van der Waals surface area contributed by atoms with Gasteiger partial charge in [-0.3, -0.25) is 4.79 Å². The highest BCUT2D eigenvalue weighted by molar-refractivity contribution is 6.06. The Kier molecular flexibility index (Phi) is 3.95. The van der Waals surface area contributed by atoms with Crippen LogP contribution in [-0.2, 0) is 0 Å². The molecule has 0 radical (unpaired) electrons. The van der Waals surface area contributed by atoms with Crippen LogP contribution in [0.2, 0.25) is 0 Å². The number of benzene rings is 2. The van der Waals surface area contributed by atoms with Gasteiger partial charge in [0.05, 0.1) is 23.8 Å². The zero-order chi connectivity index (χ0) is 17.9. The Balaban J connectivity index is 1.55. The number of nitrogens with two attached hydrogens (primary N) is 1. The highest BCUT2D eigenvalue weighted by Gasteiger charge is 2.11. The molecule has 4 N–H and O–H groups in total. The van der Waals surface area contributed by atoms with Crippen LogP contribution in [-0.4, -0.2) is 21.3 Å². The van der Waals surface area contributed by atoms with Crippen LogP contribution in [0, 0.1) is 0 Å². The normalized spacial score (nSPS) is 10.6. The number of anilines is 2. The number of carbonyl (C=O) groups is 1. The number of nitrogen functional groups attached to an aromatic ring is 1. The fourth-order valence-corrected chi connectivity index (χ4v) is 2.59. The largest absolute Gasteiger partial charge is 0.464 e. The van der Waals surface area contributed by atoms with Crippen molar-refractivity contribution in [3.8, 4) is 22.6 Å². The number of hydrogen-bond acceptors (Lipinski definition) is 5. The molecule has 0 aliphatic heterocycles. The standard InChI is InChI=1S/C19H15N5O2/c20-15-8-7-14(18-2-1-9-26-18)10-16(15)22-19(25)13-5-3-12(4-6-13)17-11-21-24-23-17/h1-11H,20H2,(H,22,25)(H,21,23,24). The Morgan fingerprint density at radius 3 is 2.58 bits per heavy atom. The maximum atomic E-state index is 12.5. The summed E-state index contributed by atoms with van der Waals surface area (Å²) < 4.78 is 5.39. The molecule has 0 saturated heterocycles. The maximum Gasteiger partial charge on any atom is 0.255 e. The fraction of sp³-hybridized carbons (Fsp3) is 0. The minimum atomic E-state index is -0.250. The van der Waals surface area contributed by atoms with Gasteiger partial charge >= 0.3 is 0 Å². The van der Waals surface area contributed by atoms with E-state index in [2.05, 4.69) is 20.7 Å². The second-order valence-corrected chi connectivity index (χ2v) is 5.67. The zero-order valence-corrected chi connectivity index (χ0v) is 13.6. The van der Waals surface area contributed by atoms with Crippen molar-refractivity contribution < 1.29 is 9.21 Å². The van der Waals surface area contributed by atoms with Crippen LogP contribution in [0.5, 0.6) is 0 Å². The number of H-pyrrole nitrogens is 1. The van der Waals surface area contributed by atoms with Gasteiger partial charge in [0.15, 0.2) is 0 Å². The molecule has 0 fully saturated rings. The summed E-state index contributed by atoms with van der Waals surface area (Å²) in [5.74, 6) is 0.456. The van der Waals surface area contributed by atoms with E-state index < -0.39 is 0 Å². The number of hydrogen-bond donors (Lipinski definition) is 3. The Morgan fingerprint density at radius 1 is 1.08 bits per heavy atom. The molecule has 7 heteroatoms. The second-order valence-electron chi connectivity index (χ2n) is 5.67. The van der Waals surface area contributed by atoms with Gasteiger partial charge in [-0.05, 0) is 42.5 Å². The molecule has 2 aromatic carbocycles. The van der Waals surface area contributed by atoms with Crippen molar-refractivity contribution >= 4 is 17.3 Å². The zero-order valence-electron chi connectivity index (χ0n) is 13.6. The summed E-state index contributed by atoms with van der Waals surface area (Å²) >= 11 is 0. The first-order valence-corrected chi connectivity index (χ1v) is 7.92. The molecule has 0 atom stereocenters. The molecule has 0 unspecified atom stereocenters. The summed E-state index contributed by atoms with van der Waals surface area (Å²) in [6.45, 7) is 0. The third kappa shape index (κ3) is 3.05. The number of aromatic amines is 1. The number of nitrogens with zero attached hydrogens (tertiary/aromatic N) is 2. The molecule has 0 bridgehead atoms. The summed E-state index contributed by atoms with van der Waals surface area (Å²) in [7, 11) is 0. The minimum absolute atomic E-state index is 0.250. The van der Waals surface area contributed by atoms with E-state index >= 15 is 0 Å². The van der Waals surface area contributed by atoms with E-state index in [1.165, 1.54) is 0 Å². The quantitative estimate of drug-likeness (QED) is 0.490. The van der Waals surface area contributed by atoms with E-state index in [4.69, 9.17) is 10.2 Å². The number of amides is 1. The minimum Gasteiger partial charge on any atom is -0.464 e. The summed E-state index contributed by atoms with van der Waals surface area (Å²) in [6.07, 6.45) is 3.22. The molecule has 2 aromatic heterocycles. The van der Waals surface area contributed by atoms with Crippen LogP contribution in [0.25, 0.3) is 22.6 Å². The lowest BCUT2D eigenvalue weighted by Gasteiger charge is -2.10. The van der Waals surface area contributed by atoms with Gasteiger partial charge in [-0.15, -0.1) is 0 Å². The van der Waals surface area contributed by atoms with Crippen molar-refractivity contribution in [2.45, 2.75) is 0 Å². The van der Waals surface area contributed by atoms with Crippen molar-refractivity contribution in [1.29, 1.82) is 0 Å². The number of carbonyl (C=O) groups excluding carboxylic acids is 1. The number of nitrogens with one attached hydrogen (secondary N) is 2. The fourth-order valence-electron chi connectivity index (χ4n) is 2.59. The van der Waals surface area contributed by atoms with Crippen LogP contribution in [0.15, 0.2) is 71.5 Å². The summed E-state index contributed by atoms with van der Waals surface area (Å²) in [5, 5.41) is 13.2. The van der Waals surface area contributed by atoms with Gasteiger partial charge in [0.25, 0.3) is 5.91 Å². The SMILES string of the molecule is Nc1ccc(-c2ccco2)cc1NC(=O)c1ccc(-c2cn[nH]n2)cc1. The van der Waals surface area contributed by atoms with E-state index in [1.54, 1.807) is 42.8 Å². The molecule has 4 rings (SSSR count). The first-order chi connectivity index (χ1) is 12.7. The van der Waals surface area contributed by atoms with Crippen LogP contribution < -0.4 is 11.1 Å². The van der Waals surface area contributed by atoms with Crippen molar-refractivity contribution in [2.24, 2.45) is 0 Å². The summed E-state index contributed by atoms with van der Waals surface area (Å²) in [4.78, 5) is 12.5. The predicted molar refractivity (Wildman–Crippen MR) is 98.3 cm³/mol. The van der Waals surface area contributed by atoms with Gasteiger partial charge in [-0.25, -0.2) is 0 Å². The van der Waals surface area contributed by atoms with Crippen molar-refractivity contribution in [1.82, 2.24) is 15.4 Å². The average molecular weight is 345 g/mol. The van der Waals surface area contributed by atoms with E-state index in [1.807, 2.05) is 24.3 Å². The van der Waals surface area contributed by atoms with Crippen molar-refractivity contribution in [2.75, 3.05) is 11.1 Å². The number of aromatic nitrogens is 3. The molecule has 26 heavy (non-hydrogen) atoms. The summed E-state index contributed by atoms with van der Waals surface area (Å²) in [6, 6.07) is 16.1. The van der Waals surface area contributed by atoms with E-state index in [9.17, 15) is 4.79 Å². The first kappa shape index (κ1) is 15.6. The lowest BCUT2D eigenvalue weighted by atomic mass is 10.1. The van der Waals surface area contributed by atoms with E-state index in [0.29, 0.717) is 28.4 Å². The van der Waals surface area contributed by atoms with E-state index in [-0.39, 0.29) is 5.91 Å². The highest BCUT2D eigenvalue weighted by atomic mass is 16.3. The van der Waals surface area contributed by atoms with Crippen molar-refractivity contribution in [3.63, 3.8) is 0 Å². The summed E-state index contributed by atoms with van der Waals surface area (Å²) in [5.41, 5.74) is 9.94. The van der Waals surface area contributed by atoms with Gasteiger partial charge in [0.1, 0.15) is 11.5 Å². The molecule has 7 nitrogen and oxygen atoms in total. The van der Waals surface area contributed by atoms with Gasteiger partial charge in [-0.1, -0.05) is 12.1 Å². The van der Waals surface area contributed by atoms with Gasteiger partial charge in [0.2, 0.25) is 0 Å². The molecule has 0 saturated carbocycles. The topological polar surface area (TPSA) is 110 Å². The Labute approximate surface area is 148 Å².